The van der Waals surface area contributed by atoms with E-state index >= 15 is 0 Å². The van der Waals surface area contributed by atoms with Crippen LogP contribution in [0.5, 0.6) is 0 Å². The number of fused-ring (bicyclic) bond motifs is 5. The standard InChI is InChI=1S/C17H14BrNO5/c1-9(20)23-8-17-7-6-12(24-17)13-14(17)16(22)19(15(13)21)11-4-2-10(18)3-5-11/h2-7,12-14H,8H2,1H3. The van der Waals surface area contributed by atoms with Crippen LogP contribution >= 0.6 is 15.9 Å². The lowest BCUT2D eigenvalue weighted by Gasteiger charge is -2.28. The molecule has 124 valence electrons. The molecule has 2 saturated heterocycles. The Morgan fingerprint density at radius 3 is 2.67 bits per heavy atom. The number of carbonyl (C=O) groups is 3. The number of ether oxygens (including phenoxy) is 2. The molecule has 0 aromatic heterocycles. The molecule has 0 spiro atoms. The molecule has 4 atom stereocenters. The van der Waals surface area contributed by atoms with Crippen LogP contribution in [0.1, 0.15) is 6.92 Å². The number of nitrogens with zero attached hydrogens (tertiary/aromatic N) is 1. The lowest BCUT2D eigenvalue weighted by molar-refractivity contribution is -0.150. The number of anilines is 1. The molecule has 0 radical (unpaired) electrons. The highest BCUT2D eigenvalue weighted by Gasteiger charge is 2.68. The van der Waals surface area contributed by atoms with Crippen LogP contribution in [0.3, 0.4) is 0 Å². The zero-order valence-electron chi connectivity index (χ0n) is 12.8. The van der Waals surface area contributed by atoms with Crippen LogP contribution in [-0.2, 0) is 23.9 Å². The molecule has 2 bridgehead atoms. The van der Waals surface area contributed by atoms with Gasteiger partial charge >= 0.3 is 5.97 Å². The van der Waals surface area contributed by atoms with E-state index in [1.807, 2.05) is 0 Å². The third-order valence-corrected chi connectivity index (χ3v) is 5.27. The molecule has 3 heterocycles. The molecule has 4 rings (SSSR count). The smallest absolute Gasteiger partial charge is 0.302 e. The van der Waals surface area contributed by atoms with Crippen LogP contribution in [-0.4, -0.2) is 36.1 Å². The Hall–Kier alpha value is -1.99. The van der Waals surface area contributed by atoms with E-state index in [0.29, 0.717) is 5.69 Å². The van der Waals surface area contributed by atoms with Crippen LogP contribution in [0.2, 0.25) is 0 Å². The Morgan fingerprint density at radius 2 is 2.00 bits per heavy atom. The molecule has 1 aromatic rings. The van der Waals surface area contributed by atoms with E-state index in [2.05, 4.69) is 15.9 Å². The molecule has 0 N–H and O–H groups in total. The minimum Gasteiger partial charge on any atom is -0.462 e. The minimum atomic E-state index is -1.04. The average molecular weight is 392 g/mol. The fourth-order valence-electron chi connectivity index (χ4n) is 3.73. The molecule has 2 fully saturated rings. The summed E-state index contributed by atoms with van der Waals surface area (Å²) < 4.78 is 11.8. The van der Waals surface area contributed by atoms with Gasteiger partial charge in [0.25, 0.3) is 0 Å². The first-order chi connectivity index (χ1) is 11.4. The van der Waals surface area contributed by atoms with E-state index in [-0.39, 0.29) is 18.4 Å². The normalized spacial score (nSPS) is 33.2. The van der Waals surface area contributed by atoms with Gasteiger partial charge in [-0.3, -0.25) is 14.4 Å². The topological polar surface area (TPSA) is 72.9 Å². The fourth-order valence-corrected chi connectivity index (χ4v) is 3.99. The Kier molecular flexibility index (Phi) is 3.40. The number of benzene rings is 1. The van der Waals surface area contributed by atoms with Gasteiger partial charge in [0.15, 0.2) is 0 Å². The second-order valence-corrected chi connectivity index (χ2v) is 7.08. The van der Waals surface area contributed by atoms with E-state index in [4.69, 9.17) is 9.47 Å². The number of imide groups is 1. The maximum absolute atomic E-state index is 13.0. The summed E-state index contributed by atoms with van der Waals surface area (Å²) >= 11 is 3.34. The van der Waals surface area contributed by atoms with Gasteiger partial charge in [0.05, 0.1) is 23.6 Å². The number of hydrogen-bond acceptors (Lipinski definition) is 5. The van der Waals surface area contributed by atoms with Gasteiger partial charge in [-0.1, -0.05) is 22.0 Å². The molecule has 1 aromatic carbocycles. The average Bonchev–Trinajstić information content (AvgIpc) is 3.18. The SMILES string of the molecule is CC(=O)OCC12C=CC(O1)C1C(=O)N(c3ccc(Br)cc3)C(=O)C12. The summed E-state index contributed by atoms with van der Waals surface area (Å²) in [5.74, 6) is -2.27. The summed E-state index contributed by atoms with van der Waals surface area (Å²) in [6, 6.07) is 7.00. The molecule has 6 nitrogen and oxygen atoms in total. The van der Waals surface area contributed by atoms with Gasteiger partial charge in [0.2, 0.25) is 11.8 Å². The summed E-state index contributed by atoms with van der Waals surface area (Å²) in [5.41, 5.74) is -0.512. The summed E-state index contributed by atoms with van der Waals surface area (Å²) in [5, 5.41) is 0. The molecule has 2 amide bonds. The summed E-state index contributed by atoms with van der Waals surface area (Å²) in [6.45, 7) is 1.23. The quantitative estimate of drug-likeness (QED) is 0.446. The van der Waals surface area contributed by atoms with Crippen LogP contribution < -0.4 is 4.90 Å². The largest absolute Gasteiger partial charge is 0.462 e. The van der Waals surface area contributed by atoms with E-state index in [1.54, 1.807) is 36.4 Å². The van der Waals surface area contributed by atoms with Crippen molar-refractivity contribution >= 4 is 39.4 Å². The van der Waals surface area contributed by atoms with Crippen LogP contribution in [0.25, 0.3) is 0 Å². The maximum atomic E-state index is 13.0. The van der Waals surface area contributed by atoms with E-state index in [0.717, 1.165) is 4.47 Å². The van der Waals surface area contributed by atoms with Crippen molar-refractivity contribution < 1.29 is 23.9 Å². The lowest BCUT2D eigenvalue weighted by Crippen LogP contribution is -2.44. The van der Waals surface area contributed by atoms with Crippen molar-refractivity contribution in [3.05, 3.63) is 40.9 Å². The molecule has 24 heavy (non-hydrogen) atoms. The van der Waals surface area contributed by atoms with E-state index < -0.39 is 29.5 Å². The van der Waals surface area contributed by atoms with Crippen molar-refractivity contribution in [2.24, 2.45) is 11.8 Å². The van der Waals surface area contributed by atoms with Crippen molar-refractivity contribution in [3.8, 4) is 0 Å². The molecular formula is C17H14BrNO5. The van der Waals surface area contributed by atoms with Crippen molar-refractivity contribution in [1.29, 1.82) is 0 Å². The van der Waals surface area contributed by atoms with Crippen molar-refractivity contribution in [2.75, 3.05) is 11.5 Å². The molecule has 4 unspecified atom stereocenters. The maximum Gasteiger partial charge on any atom is 0.302 e. The van der Waals surface area contributed by atoms with Gasteiger partial charge in [-0.25, -0.2) is 4.90 Å². The lowest BCUT2D eigenvalue weighted by atomic mass is 9.77. The number of hydrogen-bond donors (Lipinski definition) is 0. The molecule has 3 aliphatic heterocycles. The Labute approximate surface area is 146 Å². The first kappa shape index (κ1) is 15.5. The van der Waals surface area contributed by atoms with E-state index in [9.17, 15) is 14.4 Å². The highest BCUT2D eigenvalue weighted by atomic mass is 79.9. The molecule has 3 aliphatic rings. The van der Waals surface area contributed by atoms with Gasteiger partial charge in [-0.2, -0.15) is 0 Å². The zero-order chi connectivity index (χ0) is 17.1. The van der Waals surface area contributed by atoms with Crippen LogP contribution in [0.4, 0.5) is 5.69 Å². The summed E-state index contributed by atoms with van der Waals surface area (Å²) in [4.78, 5) is 38.2. The second kappa shape index (κ2) is 5.26. The summed E-state index contributed by atoms with van der Waals surface area (Å²) in [7, 11) is 0. The number of esters is 1. The highest BCUT2D eigenvalue weighted by molar-refractivity contribution is 9.10. The van der Waals surface area contributed by atoms with Crippen LogP contribution in [0.15, 0.2) is 40.9 Å². The third kappa shape index (κ3) is 2.08. The van der Waals surface area contributed by atoms with Gasteiger partial charge in [0, 0.05) is 11.4 Å². The molecule has 0 aliphatic carbocycles. The third-order valence-electron chi connectivity index (χ3n) is 4.74. The van der Waals surface area contributed by atoms with Crippen molar-refractivity contribution in [1.82, 2.24) is 0 Å². The Bertz CT molecular complexity index is 774. The predicted molar refractivity (Wildman–Crippen MR) is 87.0 cm³/mol. The minimum absolute atomic E-state index is 0.0658. The molecular weight excluding hydrogens is 378 g/mol. The zero-order valence-corrected chi connectivity index (χ0v) is 14.4. The van der Waals surface area contributed by atoms with Gasteiger partial charge in [0.1, 0.15) is 12.2 Å². The van der Waals surface area contributed by atoms with Gasteiger partial charge in [-0.15, -0.1) is 0 Å². The van der Waals surface area contributed by atoms with E-state index in [1.165, 1.54) is 11.8 Å². The first-order valence-electron chi connectivity index (χ1n) is 7.57. The Morgan fingerprint density at radius 1 is 1.29 bits per heavy atom. The Balaban J connectivity index is 1.69. The fraction of sp³-hybridized carbons (Fsp3) is 0.353. The number of amides is 2. The second-order valence-electron chi connectivity index (χ2n) is 6.17. The first-order valence-corrected chi connectivity index (χ1v) is 8.36. The summed E-state index contributed by atoms with van der Waals surface area (Å²) in [6.07, 6.45) is 3.07. The highest BCUT2D eigenvalue weighted by Crippen LogP contribution is 2.52. The predicted octanol–water partition coefficient (Wildman–Crippen LogP) is 1.83. The number of rotatable bonds is 3. The number of carbonyl (C=O) groups excluding carboxylic acids is 3. The van der Waals surface area contributed by atoms with Gasteiger partial charge < -0.3 is 9.47 Å². The van der Waals surface area contributed by atoms with Crippen molar-refractivity contribution in [3.63, 3.8) is 0 Å². The number of halogens is 1. The monoisotopic (exact) mass is 391 g/mol. The van der Waals surface area contributed by atoms with Gasteiger partial charge in [-0.05, 0) is 30.3 Å². The van der Waals surface area contributed by atoms with Crippen molar-refractivity contribution in [2.45, 2.75) is 18.6 Å². The molecule has 7 heteroatoms. The molecule has 0 saturated carbocycles. The van der Waals surface area contributed by atoms with Crippen LogP contribution in [0, 0.1) is 11.8 Å².